The van der Waals surface area contributed by atoms with Crippen molar-refractivity contribution >= 4 is 23.5 Å². The summed E-state index contributed by atoms with van der Waals surface area (Å²) in [6.07, 6.45) is 2.03. The largest absolute Gasteiger partial charge is 0.444 e. The number of nitrogens with one attached hydrogen (secondary N) is 2. The Hall–Kier alpha value is -3.20. The Morgan fingerprint density at radius 2 is 2.00 bits per heavy atom. The number of likely N-dealkylation sites (N-methyl/N-ethyl adjacent to an activating group) is 1. The van der Waals surface area contributed by atoms with Gasteiger partial charge in [-0.1, -0.05) is 6.07 Å². The van der Waals surface area contributed by atoms with Crippen molar-refractivity contribution in [2.75, 3.05) is 30.8 Å². The van der Waals surface area contributed by atoms with Gasteiger partial charge >= 0.3 is 12.1 Å². The molecule has 0 bridgehead atoms. The van der Waals surface area contributed by atoms with Crippen LogP contribution < -0.4 is 10.6 Å². The van der Waals surface area contributed by atoms with Crippen LogP contribution in [0, 0.1) is 12.7 Å². The Labute approximate surface area is 194 Å². The topological polar surface area (TPSA) is 86.8 Å². The van der Waals surface area contributed by atoms with Gasteiger partial charge in [0.1, 0.15) is 11.4 Å². The van der Waals surface area contributed by atoms with Crippen LogP contribution in [0.2, 0.25) is 0 Å². The summed E-state index contributed by atoms with van der Waals surface area (Å²) < 4.78 is 19.8. The monoisotopic (exact) mass is 457 g/mol. The molecule has 1 aromatic heterocycles. The maximum absolute atomic E-state index is 14.3. The second kappa shape index (κ2) is 10.2. The predicted molar refractivity (Wildman–Crippen MR) is 126 cm³/mol. The zero-order chi connectivity index (χ0) is 24.2. The van der Waals surface area contributed by atoms with Crippen molar-refractivity contribution in [3.8, 4) is 0 Å². The number of carbonyl (C=O) groups is 2. The van der Waals surface area contributed by atoms with Crippen LogP contribution in [0.1, 0.15) is 38.4 Å². The summed E-state index contributed by atoms with van der Waals surface area (Å²) in [6, 6.07) is 7.69. The number of carbonyl (C=O) groups excluding carboxylic acids is 2. The van der Waals surface area contributed by atoms with Crippen LogP contribution in [0.5, 0.6) is 0 Å². The first-order valence-electron chi connectivity index (χ1n) is 11.0. The predicted octanol–water partition coefficient (Wildman–Crippen LogP) is 4.61. The van der Waals surface area contributed by atoms with Crippen molar-refractivity contribution in [3.05, 3.63) is 53.6 Å². The number of hydrogen-bond donors (Lipinski definition) is 2. The number of benzene rings is 1. The van der Waals surface area contributed by atoms with Gasteiger partial charge in [0.25, 0.3) is 0 Å². The molecule has 0 spiro atoms. The Morgan fingerprint density at radius 1 is 1.24 bits per heavy atom. The average Bonchev–Trinajstić information content (AvgIpc) is 3.18. The molecule has 33 heavy (non-hydrogen) atoms. The molecular formula is C24H32FN5O3. The molecule has 2 aromatic rings. The zero-order valence-electron chi connectivity index (χ0n) is 19.8. The molecule has 1 aliphatic rings. The third-order valence-electron chi connectivity index (χ3n) is 5.33. The van der Waals surface area contributed by atoms with Gasteiger partial charge in [0.05, 0.1) is 17.6 Å². The van der Waals surface area contributed by atoms with E-state index in [4.69, 9.17) is 4.74 Å². The van der Waals surface area contributed by atoms with E-state index in [1.54, 1.807) is 42.4 Å². The molecule has 1 aliphatic heterocycles. The molecule has 1 atom stereocenters. The highest BCUT2D eigenvalue weighted by molar-refractivity contribution is 5.99. The molecule has 1 aromatic carbocycles. The second-order valence-electron chi connectivity index (χ2n) is 9.35. The Kier molecular flexibility index (Phi) is 7.53. The summed E-state index contributed by atoms with van der Waals surface area (Å²) in [6.45, 7) is 9.46. The minimum atomic E-state index is -0.545. The number of halogens is 1. The van der Waals surface area contributed by atoms with E-state index >= 15 is 0 Å². The molecule has 1 fully saturated rings. The van der Waals surface area contributed by atoms with E-state index in [0.717, 1.165) is 24.2 Å². The fourth-order valence-electron chi connectivity index (χ4n) is 3.61. The van der Waals surface area contributed by atoms with Gasteiger partial charge in [0.15, 0.2) is 0 Å². The fourth-order valence-corrected chi connectivity index (χ4v) is 3.61. The maximum Gasteiger partial charge on any atom is 0.410 e. The lowest BCUT2D eigenvalue weighted by molar-refractivity contribution is 0.0228. The van der Waals surface area contributed by atoms with Gasteiger partial charge in [-0.05, 0) is 63.9 Å². The van der Waals surface area contributed by atoms with Gasteiger partial charge in [-0.2, -0.15) is 0 Å². The molecule has 0 saturated carbocycles. The number of rotatable bonds is 5. The summed E-state index contributed by atoms with van der Waals surface area (Å²) in [7, 11) is 1.75. The van der Waals surface area contributed by atoms with E-state index in [9.17, 15) is 14.0 Å². The van der Waals surface area contributed by atoms with E-state index in [1.807, 2.05) is 27.7 Å². The number of anilines is 2. The first-order chi connectivity index (χ1) is 15.5. The van der Waals surface area contributed by atoms with E-state index in [0.29, 0.717) is 18.8 Å². The number of hydrogen-bond acceptors (Lipinski definition) is 5. The molecular weight excluding hydrogens is 425 g/mol. The summed E-state index contributed by atoms with van der Waals surface area (Å²) in [5.41, 5.74) is 1.78. The highest BCUT2D eigenvalue weighted by Gasteiger charge is 2.31. The molecule has 3 rings (SSSR count). The number of pyridine rings is 1. The van der Waals surface area contributed by atoms with Gasteiger partial charge < -0.3 is 20.3 Å². The van der Waals surface area contributed by atoms with E-state index < -0.39 is 17.4 Å². The smallest absolute Gasteiger partial charge is 0.410 e. The van der Waals surface area contributed by atoms with E-state index in [-0.39, 0.29) is 17.8 Å². The number of likely N-dealkylation sites (tertiary alicyclic amines) is 1. The fraction of sp³-hybridized carbons (Fsp3) is 0.458. The second-order valence-corrected chi connectivity index (χ2v) is 9.35. The van der Waals surface area contributed by atoms with Crippen molar-refractivity contribution in [3.63, 3.8) is 0 Å². The zero-order valence-corrected chi connectivity index (χ0v) is 19.8. The maximum atomic E-state index is 14.3. The molecule has 0 radical (unpaired) electrons. The first kappa shape index (κ1) is 24.4. The third-order valence-corrected chi connectivity index (χ3v) is 5.33. The van der Waals surface area contributed by atoms with Gasteiger partial charge in [-0.15, -0.1) is 0 Å². The molecule has 1 saturated heterocycles. The average molecular weight is 458 g/mol. The van der Waals surface area contributed by atoms with Crippen molar-refractivity contribution in [2.45, 2.75) is 52.3 Å². The van der Waals surface area contributed by atoms with Crippen molar-refractivity contribution in [2.24, 2.45) is 0 Å². The van der Waals surface area contributed by atoms with Gasteiger partial charge in [-0.25, -0.2) is 14.0 Å². The SMILES string of the molecule is Cc1ccc(NC(=O)Nc2cc(CN3CC[C@@H](N(C)C(=O)OC(C)(C)C)C3)ccc2F)cn1. The molecule has 3 amide bonds. The lowest BCUT2D eigenvalue weighted by atomic mass is 10.2. The minimum absolute atomic E-state index is 0.0480. The van der Waals surface area contributed by atoms with Gasteiger partial charge in [0, 0.05) is 38.4 Å². The molecule has 2 heterocycles. The molecule has 8 nitrogen and oxygen atoms in total. The third kappa shape index (κ3) is 7.15. The number of aromatic nitrogens is 1. The van der Waals surface area contributed by atoms with Gasteiger partial charge in [0.2, 0.25) is 0 Å². The number of aryl methyl sites for hydroxylation is 1. The molecule has 2 N–H and O–H groups in total. The molecule has 0 unspecified atom stereocenters. The summed E-state index contributed by atoms with van der Waals surface area (Å²) in [5, 5.41) is 5.20. The van der Waals surface area contributed by atoms with Crippen LogP contribution in [0.4, 0.5) is 25.4 Å². The lowest BCUT2D eigenvalue weighted by Crippen LogP contribution is -2.42. The van der Waals surface area contributed by atoms with Crippen LogP contribution in [-0.4, -0.2) is 58.7 Å². The number of nitrogens with zero attached hydrogens (tertiary/aromatic N) is 3. The Balaban J connectivity index is 1.57. The Bertz CT molecular complexity index is 991. The van der Waals surface area contributed by atoms with Crippen LogP contribution in [0.25, 0.3) is 0 Å². The van der Waals surface area contributed by atoms with Crippen molar-refractivity contribution < 1.29 is 18.7 Å². The van der Waals surface area contributed by atoms with Crippen LogP contribution in [-0.2, 0) is 11.3 Å². The lowest BCUT2D eigenvalue weighted by Gasteiger charge is -2.28. The molecule has 178 valence electrons. The standard InChI is InChI=1S/C24H32FN5O3/c1-16-6-8-18(13-26-16)27-22(31)28-21-12-17(7-9-20(21)25)14-30-11-10-19(15-30)29(5)23(32)33-24(2,3)4/h6-9,12-13,19H,10-11,14-15H2,1-5H3,(H2,27,28,31)/t19-/m1/s1. The van der Waals surface area contributed by atoms with Crippen LogP contribution in [0.15, 0.2) is 36.5 Å². The summed E-state index contributed by atoms with van der Waals surface area (Å²) in [4.78, 5) is 32.6. The minimum Gasteiger partial charge on any atom is -0.444 e. The van der Waals surface area contributed by atoms with Gasteiger partial charge in [-0.3, -0.25) is 9.88 Å². The van der Waals surface area contributed by atoms with E-state index in [2.05, 4.69) is 20.5 Å². The van der Waals surface area contributed by atoms with Crippen molar-refractivity contribution in [1.29, 1.82) is 0 Å². The van der Waals surface area contributed by atoms with Crippen LogP contribution in [0.3, 0.4) is 0 Å². The molecule has 9 heteroatoms. The highest BCUT2D eigenvalue weighted by atomic mass is 19.1. The summed E-state index contributed by atoms with van der Waals surface area (Å²) in [5.74, 6) is -0.514. The van der Waals surface area contributed by atoms with Crippen LogP contribution >= 0.6 is 0 Å². The quantitative estimate of drug-likeness (QED) is 0.685. The van der Waals surface area contributed by atoms with E-state index in [1.165, 1.54) is 6.07 Å². The molecule has 0 aliphatic carbocycles. The first-order valence-corrected chi connectivity index (χ1v) is 11.0. The number of ether oxygens (including phenoxy) is 1. The summed E-state index contributed by atoms with van der Waals surface area (Å²) >= 11 is 0. The number of amides is 3. The normalized spacial score (nSPS) is 16.4. The number of urea groups is 1. The highest BCUT2D eigenvalue weighted by Crippen LogP contribution is 2.22. The Morgan fingerprint density at radius 3 is 2.67 bits per heavy atom. The van der Waals surface area contributed by atoms with Crippen molar-refractivity contribution in [1.82, 2.24) is 14.8 Å².